The third-order valence-electron chi connectivity index (χ3n) is 22.9. The molecule has 0 bridgehead atoms. The topological polar surface area (TPSA) is 314 Å². The number of benzene rings is 8. The van der Waals surface area contributed by atoms with Gasteiger partial charge in [0, 0.05) is 69.0 Å². The van der Waals surface area contributed by atoms with Crippen LogP contribution in [0.1, 0.15) is 173 Å². The Morgan fingerprint density at radius 3 is 1.14 bits per heavy atom. The van der Waals surface area contributed by atoms with Crippen LogP contribution in [0.3, 0.4) is 0 Å². The van der Waals surface area contributed by atoms with Crippen molar-refractivity contribution in [2.24, 2.45) is 11.8 Å². The number of phenolic OH excluding ortho intramolecular Hbond substituents is 1. The van der Waals surface area contributed by atoms with Gasteiger partial charge in [-0.15, -0.1) is 12.4 Å². The number of aliphatic hydroxyl groups is 2. The summed E-state index contributed by atoms with van der Waals surface area (Å²) in [7, 11) is 0. The molecule has 6 heterocycles. The molecule has 6 aliphatic heterocycles. The van der Waals surface area contributed by atoms with Crippen LogP contribution in [-0.2, 0) is 28.4 Å². The summed E-state index contributed by atoms with van der Waals surface area (Å²) >= 11 is 17.0. The Bertz CT molecular complexity index is 4770. The van der Waals surface area contributed by atoms with Gasteiger partial charge in [-0.2, -0.15) is 0 Å². The number of morpholine rings is 4. The van der Waals surface area contributed by atoms with Gasteiger partial charge < -0.3 is 97.3 Å². The summed E-state index contributed by atoms with van der Waals surface area (Å²) in [5.74, 6) is 5.20. The molecule has 0 aliphatic carbocycles. The third kappa shape index (κ3) is 45.4. The van der Waals surface area contributed by atoms with E-state index >= 15 is 0 Å². The molecule has 774 valence electrons. The molecule has 5 N–H and O–H groups in total. The van der Waals surface area contributed by atoms with E-state index < -0.39 is 23.6 Å². The number of nitrogens with one attached hydrogen (secondary N) is 2. The second-order valence-electron chi connectivity index (χ2n) is 33.1. The van der Waals surface area contributed by atoms with Crippen molar-refractivity contribution in [2.45, 2.75) is 143 Å². The summed E-state index contributed by atoms with van der Waals surface area (Å²) in [5.41, 5.74) is 2.45. The number of hydrogen-bond donors (Lipinski definition) is 5. The number of aliphatic hydroxyl groups excluding tert-OH is 2. The summed E-state index contributed by atoms with van der Waals surface area (Å²) in [5, 5.41) is 31.8. The number of carbonyl (C=O) groups excluding carboxylic acids is 6. The van der Waals surface area contributed by atoms with Crippen molar-refractivity contribution in [3.8, 4) is 46.0 Å². The van der Waals surface area contributed by atoms with Gasteiger partial charge >= 0.3 is 102 Å². The van der Waals surface area contributed by atoms with E-state index in [0.717, 1.165) is 120 Å². The molecule has 33 heteroatoms. The number of para-hydroxylation sites is 5. The van der Waals surface area contributed by atoms with Crippen LogP contribution >= 0.6 is 87.7 Å². The van der Waals surface area contributed by atoms with Crippen LogP contribution in [0.2, 0.25) is 13.3 Å². The van der Waals surface area contributed by atoms with Gasteiger partial charge in [-0.3, -0.25) is 28.8 Å². The van der Waals surface area contributed by atoms with Crippen molar-refractivity contribution in [2.75, 3.05) is 165 Å². The Morgan fingerprint density at radius 2 is 0.794 bits per heavy atom. The first-order chi connectivity index (χ1) is 68.2. The summed E-state index contributed by atoms with van der Waals surface area (Å²) in [4.78, 5) is 74.9. The van der Waals surface area contributed by atoms with Gasteiger partial charge in [0.1, 0.15) is 65.8 Å². The smallest absolute Gasteiger partial charge is 0.255 e. The average Bonchev–Trinajstić information content (AvgIpc) is 0.804. The van der Waals surface area contributed by atoms with E-state index in [4.69, 9.17) is 88.5 Å². The molecule has 2 amide bonds. The predicted molar refractivity (Wildman–Crippen MR) is 576 cm³/mol. The fourth-order valence-electron chi connectivity index (χ4n) is 15.1. The fraction of sp³-hybridized carbons (Fsp3) is 0.463. The maximum atomic E-state index is 13.3. The van der Waals surface area contributed by atoms with Crippen LogP contribution in [0.5, 0.6) is 46.0 Å². The zero-order valence-corrected chi connectivity index (χ0v) is 92.9. The largest absolute Gasteiger partial charge is 0.507 e. The minimum Gasteiger partial charge on any atom is -0.507 e. The van der Waals surface area contributed by atoms with Gasteiger partial charge in [-0.25, -0.2) is 0 Å². The van der Waals surface area contributed by atoms with Gasteiger partial charge in [0.05, 0.1) is 169 Å². The minimum atomic E-state index is -1.85. The molecular weight excluding hydrogens is 2210 g/mol. The Kier molecular flexibility index (Phi) is 65.0. The van der Waals surface area contributed by atoms with Gasteiger partial charge in [0.25, 0.3) is 17.1 Å². The first-order valence-electron chi connectivity index (χ1n) is 48.3. The number of ether oxygens (including phenoxy) is 13. The standard InChI is InChI=1S/C23H25NO5.C21H22BrNO5.C12H15BrO2.C11H14BrNO2.C10H9ClO3.C6H5BrO.C6H12O2.C5H11NO2.3C4H9.C2H3.ClH.Sn/c1-3-17-8-5-6-10-21(17)29-16-18-15-27-13-12-24(18)23(26)19-9-7-11-22(28-4-2)20(19)14-25;1-2-27-19-9-5-6-16(17(19)12-24)21(25)23-10-11-26-13-15(23)14-28-20-8-4-3-7-18(20)22;13-11-5-1-2-6-12(11)15-9-10-4-3-7-14-8-10;12-10-3-1-2-4-11(10)15-8-9-7-14-6-5-13-9;1-2-14-9-5-3-4-7(10(11)13)8(9)6-12;7-5-3-1-2-4-6(5)8;7-4-6-2-1-3-8-5-6;7-3-5-4-8-2-1-6-5;3*1-3-4-2;1-2;;/h3,5-11,14,18H,1,4,12-13,15-16H2,2H3;3-9,12,15H,2,10-11,13-14H2,1H3;1-2,5-6,10H,3-4,7-9H2;1-4,9,13H,5-8H2;3-6H,2H2,1H3;1-4,8H;6-7H,1-5H2;5-7H,1-4H2;3*1,3-4H2,2H3;1H,2H2;1H;/t18-;15-;10-;9-;;;6-;5-;;;;;;/m0000..11....../s1. The molecule has 6 fully saturated rings. The second kappa shape index (κ2) is 74.1. The van der Waals surface area contributed by atoms with Crippen molar-refractivity contribution in [3.63, 3.8) is 0 Å². The molecule has 8 aromatic carbocycles. The Morgan fingerprint density at radius 1 is 0.426 bits per heavy atom. The molecule has 14 rings (SSSR count). The van der Waals surface area contributed by atoms with Crippen molar-refractivity contribution >= 4 is 148 Å². The number of aromatic hydroxyl groups is 1. The van der Waals surface area contributed by atoms with Crippen LogP contribution in [0, 0.1) is 11.8 Å². The molecule has 8 aromatic rings. The van der Waals surface area contributed by atoms with Crippen molar-refractivity contribution in [1.29, 1.82) is 0 Å². The summed E-state index contributed by atoms with van der Waals surface area (Å²) in [6.07, 6.45) is 16.7. The maximum Gasteiger partial charge on any atom is 0.255 e. The molecule has 26 nitrogen and oxygen atoms in total. The number of halogens is 6. The summed E-state index contributed by atoms with van der Waals surface area (Å²) < 4.78 is 82.3. The van der Waals surface area contributed by atoms with Crippen molar-refractivity contribution < 1.29 is 106 Å². The number of aldehydes is 3. The number of carbonyl (C=O) groups is 6. The van der Waals surface area contributed by atoms with E-state index in [9.17, 15) is 28.8 Å². The fourth-order valence-corrected chi connectivity index (χ4v) is 29.7. The van der Waals surface area contributed by atoms with E-state index in [1.807, 2.05) is 117 Å². The Labute approximate surface area is 882 Å². The van der Waals surface area contributed by atoms with Crippen LogP contribution in [0.4, 0.5) is 0 Å². The first-order valence-corrected chi connectivity index (χ1v) is 59.6. The number of hydrogen-bond acceptors (Lipinski definition) is 24. The summed E-state index contributed by atoms with van der Waals surface area (Å²) in [6, 6.07) is 52.7. The van der Waals surface area contributed by atoms with E-state index in [1.54, 1.807) is 103 Å². The number of nitrogens with zero attached hydrogens (tertiary/aromatic N) is 2. The Hall–Kier alpha value is -7.84. The van der Waals surface area contributed by atoms with Crippen LogP contribution < -0.4 is 43.8 Å². The molecule has 0 saturated carbocycles. The average molecular weight is 2360 g/mol. The molecule has 141 heavy (non-hydrogen) atoms. The summed E-state index contributed by atoms with van der Waals surface area (Å²) in [6.45, 7) is 34.7. The monoisotopic (exact) mass is 2350 g/mol. The number of unbranched alkanes of at least 4 members (excludes halogenated alkanes) is 3. The van der Waals surface area contributed by atoms with Crippen LogP contribution in [-0.4, -0.2) is 269 Å². The van der Waals surface area contributed by atoms with E-state index in [-0.39, 0.29) is 90.2 Å². The van der Waals surface area contributed by atoms with Gasteiger partial charge in [0.2, 0.25) is 0 Å². The predicted octanol–water partition coefficient (Wildman–Crippen LogP) is 21.9. The van der Waals surface area contributed by atoms with Crippen LogP contribution in [0.25, 0.3) is 6.08 Å². The molecule has 0 spiro atoms. The molecule has 0 unspecified atom stereocenters. The molecular formula is C108H144Br4Cl2N4O22Sn. The van der Waals surface area contributed by atoms with E-state index in [2.05, 4.69) is 112 Å². The first kappa shape index (κ1) is 124. The van der Waals surface area contributed by atoms with Gasteiger partial charge in [-0.1, -0.05) is 97.6 Å². The van der Waals surface area contributed by atoms with Gasteiger partial charge in [-0.05, 0) is 213 Å². The zero-order chi connectivity index (χ0) is 101. The van der Waals surface area contributed by atoms with E-state index in [1.165, 1.54) is 51.0 Å². The molecule has 6 atom stereocenters. The maximum absolute atomic E-state index is 13.3. The molecule has 6 saturated heterocycles. The number of rotatable bonds is 37. The number of phenols is 1. The normalized spacial score (nSPS) is 17.3. The van der Waals surface area contributed by atoms with Crippen molar-refractivity contribution in [3.05, 3.63) is 250 Å². The van der Waals surface area contributed by atoms with Crippen molar-refractivity contribution in [1.82, 2.24) is 20.4 Å². The number of amides is 2. The zero-order valence-electron chi connectivity index (χ0n) is 82.2. The Balaban J connectivity index is 0.000000290. The quantitative estimate of drug-likeness (QED) is 0.0137. The SMILES string of the molecule is Brc1ccccc1OC[C@@H]1COCCN1.Brc1ccccc1OC[C@H]1CCCOC1.C=Cc1ccccc1OC[C@@H]1COCCN1C(=O)c1cccc(OCC)c1C=O.C=[CH][Sn]([CH2]CCC)([CH2]CCC)[CH2]CCC.CCOc1cccc(C(=O)Cl)c1C=O.CCOc1cccc(C(=O)N2CCOC[C@H]2COc2ccccc2Br)c1C=O.Cl.OC[C@@H]1COCCN1.OC[C@H]1CCCOC1.Oc1ccccc1Br. The molecule has 6 aliphatic rings. The second-order valence-corrected chi connectivity index (χ2v) is 50.1. The molecule has 0 aromatic heterocycles. The third-order valence-corrected chi connectivity index (χ3v) is 39.7. The van der Waals surface area contributed by atoms with E-state index in [0.29, 0.717) is 156 Å². The van der Waals surface area contributed by atoms with Crippen LogP contribution in [0.15, 0.2) is 211 Å². The minimum absolute atomic E-state index is 0. The molecule has 0 radical (unpaired) electrons. The van der Waals surface area contributed by atoms with Gasteiger partial charge in [0.15, 0.2) is 18.9 Å².